The zero-order valence-electron chi connectivity index (χ0n) is 57.6. The van der Waals surface area contributed by atoms with Gasteiger partial charge in [0.15, 0.2) is 11.5 Å². The third-order valence-electron chi connectivity index (χ3n) is 6.56. The molecule has 5 aliphatic carbocycles. The van der Waals surface area contributed by atoms with Crippen molar-refractivity contribution in [2.75, 3.05) is 20.0 Å². The van der Waals surface area contributed by atoms with E-state index in [1.807, 2.05) is 0 Å². The fourth-order valence-electron chi connectivity index (χ4n) is 4.98. The largest absolute Gasteiger partial charge is 0.504 e. The molecule has 1 aromatic carbocycles. The van der Waals surface area contributed by atoms with E-state index < -0.39 is 183 Å². The van der Waals surface area contributed by atoms with Crippen LogP contribution >= 0.6 is 0 Å². The highest BCUT2D eigenvalue weighted by molar-refractivity contribution is 5.63. The van der Waals surface area contributed by atoms with E-state index in [0.29, 0.717) is 0 Å². The molecule has 0 amide bonds. The number of benzene rings is 1. The zero-order chi connectivity index (χ0) is 59.4. The number of aliphatic hydroxyl groups is 1. The molecule has 5 heteroatoms. The molecule has 5 fully saturated rings. The molecule has 4 saturated carbocycles. The van der Waals surface area contributed by atoms with Crippen LogP contribution in [0.5, 0.6) is 11.5 Å². The van der Waals surface area contributed by atoms with Crippen LogP contribution in [0.3, 0.4) is 0 Å². The third kappa shape index (κ3) is 2.25. The van der Waals surface area contributed by atoms with E-state index in [9.17, 15) is 23.3 Å². The van der Waals surface area contributed by atoms with Gasteiger partial charge >= 0.3 is 0 Å². The Hall–Kier alpha value is -1.30. The Morgan fingerprint density at radius 3 is 3.00 bits per heavy atom. The maximum Gasteiger partial charge on any atom is 0.293 e. The van der Waals surface area contributed by atoms with Gasteiger partial charge in [-0.3, -0.25) is 4.90 Å². The number of rotatable bonds is 6. The number of likely N-dealkylation sites (tertiary alicyclic amines) is 1. The van der Waals surface area contributed by atoms with Gasteiger partial charge in [0.05, 0.1) is 13.8 Å². The predicted octanol–water partition coefficient (Wildman–Crippen LogP) is 4.41. The molecule has 1 saturated heterocycles. The van der Waals surface area contributed by atoms with Gasteiger partial charge in [-0.25, -0.2) is 0 Å². The number of phenolic OH excluding ortho intramolecular Hbond substituents is 1. The summed E-state index contributed by atoms with van der Waals surface area (Å²) >= 11 is 0. The Balaban J connectivity index is 2.06. The van der Waals surface area contributed by atoms with Crippen molar-refractivity contribution in [3.05, 3.63) is 23.2 Å². The van der Waals surface area contributed by atoms with Crippen LogP contribution in [0.1, 0.15) is 130 Å². The molecule has 8 rings (SSSR count). The predicted molar refractivity (Wildman–Crippen MR) is 130 cm³/mol. The van der Waals surface area contributed by atoms with Crippen molar-refractivity contribution in [1.29, 1.82) is 2.86 Å². The number of hydrogen-bond acceptors (Lipinski definition) is 5. The summed E-state index contributed by atoms with van der Waals surface area (Å²) in [6, 6.07) is -9.44. The van der Waals surface area contributed by atoms with Gasteiger partial charge < -0.3 is 19.7 Å². The first-order valence-corrected chi connectivity index (χ1v) is 9.65. The van der Waals surface area contributed by atoms with Crippen molar-refractivity contribution in [2.45, 2.75) is 101 Å². The Labute approximate surface area is 261 Å². The topological polar surface area (TPSA) is 62.2 Å². The molecule has 0 radical (unpaired) electrons. The summed E-state index contributed by atoms with van der Waals surface area (Å²) < 4.78 is 389. The second-order valence-electron chi connectivity index (χ2n) is 8.34. The summed E-state index contributed by atoms with van der Waals surface area (Å²) in [6.07, 6.45) is -41.7. The number of ether oxygens (including phenoxy) is 2. The number of fused-ring (bicyclic) bond motifs is 2. The van der Waals surface area contributed by atoms with Crippen LogP contribution in [0.15, 0.2) is 12.1 Å². The minimum absolute atomic E-state index is 1.43. The van der Waals surface area contributed by atoms with E-state index in [-0.39, 0.29) is 0 Å². The van der Waals surface area contributed by atoms with Crippen molar-refractivity contribution < 1.29 is 73.2 Å². The van der Waals surface area contributed by atoms with E-state index in [1.165, 1.54) is 0 Å². The summed E-state index contributed by atoms with van der Waals surface area (Å²) in [4.78, 5) is -1.43. The Kier molecular flexibility index (Phi) is 0.963. The zero-order valence-corrected chi connectivity index (χ0v) is 16.6. The molecule has 7 aliphatic rings. The lowest BCUT2D eigenvalue weighted by molar-refractivity contribution is -0.312. The molecule has 0 unspecified atom stereocenters. The number of aromatic hydroxyl groups is 1. The van der Waals surface area contributed by atoms with Crippen molar-refractivity contribution in [3.63, 3.8) is 0 Å². The molecule has 2 aliphatic heterocycles. The van der Waals surface area contributed by atoms with Crippen LogP contribution < -0.4 is 4.74 Å². The molecule has 5 nitrogen and oxygen atoms in total. The number of nitrogens with zero attached hydrogens (tertiary/aromatic N) is 1. The van der Waals surface area contributed by atoms with E-state index in [4.69, 9.17) is 42.5 Å². The standard InChI is InChI=1S/C29H41NO4/c1-25(2,3)26(4,32)20-15-27-10-11-29(20,33-5)24-28(27)12-13-30(16-17-6-7-17)21(27)14-18-8-9-19(31)23(34-24)22(18)28/h8-9,17,20-21,24,31-32H,6-7,10-16H2,1-5H3/t20-,21-,24-,26+,27-,28+,29+/m1/s1/i1D3,2D3,3D3,4D3,5D3,6D2,7D2,8D,9D,10D2,11D2,12D2,13D2,14D2,15D2,16D2,17D,20D,21D,24D,32D/hD. The molecule has 1 aromatic rings. The molecule has 7 atom stereocenters. The molecule has 2 spiro atoms. The summed E-state index contributed by atoms with van der Waals surface area (Å²) in [7, 11) is -5.00. The highest BCUT2D eigenvalue weighted by Crippen LogP contribution is 2.78. The first kappa shape index (κ1) is 5.17. The lowest BCUT2D eigenvalue weighted by atomic mass is 9.33. The first-order valence-electron chi connectivity index (χ1n) is 30.0. The van der Waals surface area contributed by atoms with Gasteiger partial charge in [0.2, 0.25) is 1.43 Å². The Bertz CT molecular complexity index is 2610. The lowest BCUT2D eigenvalue weighted by Crippen LogP contribution is -2.83. The van der Waals surface area contributed by atoms with Gasteiger partial charge in [-0.2, -0.15) is 0 Å². The fraction of sp³-hybridized carbons (Fsp3) is 0.793. The summed E-state index contributed by atoms with van der Waals surface area (Å²) in [5, 5.41) is 8.92. The second-order valence-corrected chi connectivity index (χ2v) is 8.34. The molecular weight excluding hydrogens is 426 g/mol. The van der Waals surface area contributed by atoms with Crippen molar-refractivity contribution in [1.82, 2.24) is 4.90 Å². The average Bonchev–Trinajstić information content (AvgIpc) is 3.33. The summed E-state index contributed by atoms with van der Waals surface area (Å²) in [5.74, 6) is -14.7. The number of phenols is 1. The smallest absolute Gasteiger partial charge is 0.293 e. The van der Waals surface area contributed by atoms with Gasteiger partial charge in [-0.05, 0) is 80.9 Å². The highest BCUT2D eigenvalue weighted by atomic mass is 16.6. The number of hydrogen-bond donors (Lipinski definition) is 2. The molecule has 2 N–H and O–H groups in total. The summed E-state index contributed by atoms with van der Waals surface area (Å²) in [6.45, 7) is -32.2. The molecule has 186 valence electrons. The van der Waals surface area contributed by atoms with Crippen LogP contribution in [-0.2, 0) is 16.5 Å². The monoisotopic (exact) mass is 509 g/mol. The molecule has 34 heavy (non-hydrogen) atoms. The van der Waals surface area contributed by atoms with Crippen molar-refractivity contribution in [3.8, 4) is 11.5 Å². The minimum Gasteiger partial charge on any atom is -0.504 e. The van der Waals surface area contributed by atoms with E-state index in [2.05, 4.69) is 10.2 Å². The van der Waals surface area contributed by atoms with E-state index in [1.54, 1.807) is 0 Å². The normalized spacial score (nSPS) is 83.0. The Morgan fingerprint density at radius 2 is 2.26 bits per heavy atom. The van der Waals surface area contributed by atoms with Crippen LogP contribution in [0, 0.1) is 22.6 Å². The third-order valence-corrected chi connectivity index (χ3v) is 6.56. The maximum atomic E-state index is 10.7. The lowest BCUT2D eigenvalue weighted by Gasteiger charge is -2.75. The fourth-order valence-corrected chi connectivity index (χ4v) is 4.98. The van der Waals surface area contributed by atoms with Crippen molar-refractivity contribution in [2.24, 2.45) is 22.6 Å². The van der Waals surface area contributed by atoms with Crippen LogP contribution in [0.2, 0.25) is 0 Å². The quantitative estimate of drug-likeness (QED) is 0.596. The molecule has 2 heterocycles. The maximum absolute atomic E-state index is 10.7. The summed E-state index contributed by atoms with van der Waals surface area (Å²) in [5.41, 5.74) is -33.5. The van der Waals surface area contributed by atoms with Gasteiger partial charge in [0.25, 0.3) is 1.43 Å². The van der Waals surface area contributed by atoms with Gasteiger partial charge in [0, 0.05) is 87.1 Å². The highest BCUT2D eigenvalue weighted by Gasteiger charge is 2.82. The first-order chi connectivity index (χ1) is 32.5. The molecule has 0 aromatic heterocycles. The SMILES string of the molecule is [2H]Oc1c([2H])c([2H])c2c3c1O[C@@]1([2H])[C@]4(OC([2H])([2H])[2H])C([2H])([2H])C([2H])([2H])[C@]5(C([2H])([2H])[C@]4([2H])[C@@](O[2H])(C([2H])([2H])[2H])C(C([2H])([2H])[2H])(C([2H])([2H])[2H])C([2H])([2H])[2H])[C@@]31C([2H])([2H])C([2H])([2H])N(C([2H])([2H])C1([2H])C([2H])([2H])C1([2H])[2H])[C@]5([2H])C2([2H])[2H]. The molecule has 4 bridgehead atoms. The van der Waals surface area contributed by atoms with E-state index >= 15 is 0 Å². The van der Waals surface area contributed by atoms with Crippen LogP contribution in [0.25, 0.3) is 0 Å². The van der Waals surface area contributed by atoms with E-state index in [0.717, 1.165) is 0 Å². The number of piperidine rings is 1. The number of methoxy groups -OCH3 is 1. The molecular formula is C29H41NO4. The van der Waals surface area contributed by atoms with Gasteiger partial charge in [-0.15, -0.1) is 0 Å². The van der Waals surface area contributed by atoms with Gasteiger partial charge in [-0.1, -0.05) is 26.6 Å². The van der Waals surface area contributed by atoms with Crippen LogP contribution in [0.4, 0.5) is 0 Å². The second kappa shape index (κ2) is 6.33. The van der Waals surface area contributed by atoms with Crippen molar-refractivity contribution >= 4 is 0 Å². The van der Waals surface area contributed by atoms with Crippen LogP contribution in [-0.4, -0.2) is 61.3 Å². The average molecular weight is 509 g/mol. The minimum atomic E-state index is -6.34. The van der Waals surface area contributed by atoms with Gasteiger partial charge in [0.1, 0.15) is 11.7 Å². The Morgan fingerprint density at radius 1 is 1.35 bits per heavy atom.